The molecule has 6 nitrogen and oxygen atoms in total. The summed E-state index contributed by atoms with van der Waals surface area (Å²) in [5, 5.41) is 20.5. The largest absolute Gasteiger partial charge is 0.388 e. The Kier molecular flexibility index (Phi) is 10.0. The minimum Gasteiger partial charge on any atom is -0.388 e. The third kappa shape index (κ3) is 8.13. The quantitative estimate of drug-likeness (QED) is 0.159. The van der Waals surface area contributed by atoms with Gasteiger partial charge < -0.3 is 20.6 Å². The van der Waals surface area contributed by atoms with E-state index in [-0.39, 0.29) is 5.25 Å². The monoisotopic (exact) mass is 589 g/mol. The first-order valence-corrected chi connectivity index (χ1v) is 15.7. The minimum atomic E-state index is -0.536. The number of aromatic nitrogens is 2. The van der Waals surface area contributed by atoms with Gasteiger partial charge in [-0.05, 0) is 81.0 Å². The fourth-order valence-electron chi connectivity index (χ4n) is 5.44. The molecule has 8 heteroatoms. The number of aliphatic hydroxyl groups excluding tert-OH is 1. The maximum Gasteiger partial charge on any atom is 0.225 e. The van der Waals surface area contributed by atoms with Crippen molar-refractivity contribution >= 4 is 46.0 Å². The molecule has 4 aromatic rings. The summed E-state index contributed by atoms with van der Waals surface area (Å²) in [5.41, 5.74) is 3.12. The topological polar surface area (TPSA) is 73.3 Å². The lowest BCUT2D eigenvalue weighted by Gasteiger charge is -2.31. The fraction of sp³-hybridized carbons (Fsp3) is 0.394. The van der Waals surface area contributed by atoms with Crippen molar-refractivity contribution in [3.63, 3.8) is 0 Å². The summed E-state index contributed by atoms with van der Waals surface area (Å²) in [5.74, 6) is 1.64. The molecule has 3 aromatic carbocycles. The molecule has 41 heavy (non-hydrogen) atoms. The summed E-state index contributed by atoms with van der Waals surface area (Å²) in [4.78, 5) is 12.9. The molecule has 0 amide bonds. The van der Waals surface area contributed by atoms with Crippen LogP contribution in [-0.2, 0) is 0 Å². The molecule has 2 unspecified atom stereocenters. The SMILES string of the molecule is Cc1ccc(SC(CN[C@H]2CC[C@@H](Nc3nc(N(C)C)c4ccccc4n3)CC2)CC(O)c2ccc(Cl)cc2)cc1. The number of hydrogen-bond donors (Lipinski definition) is 3. The van der Waals surface area contributed by atoms with Crippen molar-refractivity contribution in [3.05, 3.63) is 88.9 Å². The van der Waals surface area contributed by atoms with Crippen molar-refractivity contribution in [1.82, 2.24) is 15.3 Å². The molecule has 0 bridgehead atoms. The van der Waals surface area contributed by atoms with Crippen LogP contribution >= 0.6 is 23.4 Å². The second-order valence-corrected chi connectivity index (χ2v) is 13.0. The number of aryl methyl sites for hydroxylation is 1. The highest BCUT2D eigenvalue weighted by Crippen LogP contribution is 2.32. The number of nitrogens with zero attached hydrogens (tertiary/aromatic N) is 3. The molecule has 1 aromatic heterocycles. The Balaban J connectivity index is 1.17. The number of hydrogen-bond acceptors (Lipinski definition) is 7. The minimum absolute atomic E-state index is 0.231. The second-order valence-electron chi connectivity index (χ2n) is 11.2. The summed E-state index contributed by atoms with van der Waals surface area (Å²) in [7, 11) is 4.04. The first-order chi connectivity index (χ1) is 19.8. The molecular weight excluding hydrogens is 550 g/mol. The molecule has 1 aliphatic carbocycles. The summed E-state index contributed by atoms with van der Waals surface area (Å²) in [6, 6.07) is 25.2. The number of benzene rings is 3. The molecule has 2 atom stereocenters. The zero-order valence-electron chi connectivity index (χ0n) is 24.1. The van der Waals surface area contributed by atoms with Gasteiger partial charge in [-0.25, -0.2) is 4.98 Å². The van der Waals surface area contributed by atoms with Crippen molar-refractivity contribution < 1.29 is 5.11 Å². The molecule has 0 saturated heterocycles. The van der Waals surface area contributed by atoms with Crippen LogP contribution in [0.2, 0.25) is 5.02 Å². The molecule has 1 heterocycles. The zero-order chi connectivity index (χ0) is 28.8. The van der Waals surface area contributed by atoms with E-state index in [9.17, 15) is 5.11 Å². The number of aliphatic hydroxyl groups is 1. The lowest BCUT2D eigenvalue weighted by molar-refractivity contribution is 0.165. The van der Waals surface area contributed by atoms with E-state index < -0.39 is 6.10 Å². The van der Waals surface area contributed by atoms with Crippen LogP contribution in [0.5, 0.6) is 0 Å². The van der Waals surface area contributed by atoms with E-state index in [0.29, 0.717) is 29.5 Å². The molecule has 0 spiro atoms. The smallest absolute Gasteiger partial charge is 0.225 e. The molecule has 5 rings (SSSR count). The van der Waals surface area contributed by atoms with Crippen LogP contribution in [0.1, 0.15) is 49.3 Å². The van der Waals surface area contributed by atoms with Crippen LogP contribution in [0.25, 0.3) is 10.9 Å². The number of fused-ring (bicyclic) bond motifs is 1. The molecule has 1 saturated carbocycles. The third-order valence-corrected chi connectivity index (χ3v) is 9.25. The number of rotatable bonds is 11. The van der Waals surface area contributed by atoms with Gasteiger partial charge in [0.15, 0.2) is 0 Å². The Labute approximate surface area is 252 Å². The number of thioether (sulfide) groups is 1. The van der Waals surface area contributed by atoms with Crippen LogP contribution in [0.15, 0.2) is 77.7 Å². The van der Waals surface area contributed by atoms with Gasteiger partial charge in [0.2, 0.25) is 5.95 Å². The number of nitrogens with one attached hydrogen (secondary N) is 2. The maximum absolute atomic E-state index is 11.0. The fourth-order valence-corrected chi connectivity index (χ4v) is 6.70. The Morgan fingerprint density at radius 1 is 0.927 bits per heavy atom. The van der Waals surface area contributed by atoms with E-state index in [1.807, 2.05) is 73.2 Å². The number of halogens is 1. The van der Waals surface area contributed by atoms with Crippen molar-refractivity contribution in [3.8, 4) is 0 Å². The van der Waals surface area contributed by atoms with Gasteiger partial charge in [0, 0.05) is 53.3 Å². The van der Waals surface area contributed by atoms with E-state index in [1.165, 1.54) is 10.5 Å². The Hall–Kier alpha value is -2.84. The van der Waals surface area contributed by atoms with E-state index in [0.717, 1.165) is 54.5 Å². The maximum atomic E-state index is 11.0. The molecule has 216 valence electrons. The summed E-state index contributed by atoms with van der Waals surface area (Å²) < 4.78 is 0. The number of anilines is 2. The van der Waals surface area contributed by atoms with Gasteiger partial charge >= 0.3 is 0 Å². The zero-order valence-corrected chi connectivity index (χ0v) is 25.6. The van der Waals surface area contributed by atoms with Crippen molar-refractivity contribution in [2.75, 3.05) is 30.9 Å². The molecule has 1 aliphatic rings. The van der Waals surface area contributed by atoms with Crippen molar-refractivity contribution in [2.24, 2.45) is 0 Å². The van der Waals surface area contributed by atoms with Crippen LogP contribution in [-0.4, -0.2) is 53.0 Å². The Morgan fingerprint density at radius 2 is 1.61 bits per heavy atom. The summed E-state index contributed by atoms with van der Waals surface area (Å²) in [6.07, 6.45) is 4.44. The normalized spacial score (nSPS) is 18.7. The molecular formula is C33H40ClN5OS. The number of para-hydroxylation sites is 1. The van der Waals surface area contributed by atoms with E-state index >= 15 is 0 Å². The van der Waals surface area contributed by atoms with Gasteiger partial charge in [-0.1, -0.05) is 53.6 Å². The second kappa shape index (κ2) is 13.9. The van der Waals surface area contributed by atoms with Crippen molar-refractivity contribution in [1.29, 1.82) is 0 Å². The average molecular weight is 590 g/mol. The van der Waals surface area contributed by atoms with Crippen LogP contribution in [0, 0.1) is 6.92 Å². The molecule has 0 radical (unpaired) electrons. The Morgan fingerprint density at radius 3 is 2.32 bits per heavy atom. The third-order valence-electron chi connectivity index (χ3n) is 7.77. The van der Waals surface area contributed by atoms with Gasteiger partial charge in [0.25, 0.3) is 0 Å². The molecule has 3 N–H and O–H groups in total. The van der Waals surface area contributed by atoms with E-state index in [1.54, 1.807) is 0 Å². The Bertz CT molecular complexity index is 1410. The van der Waals surface area contributed by atoms with Crippen LogP contribution < -0.4 is 15.5 Å². The predicted molar refractivity (Wildman–Crippen MR) is 173 cm³/mol. The first kappa shape index (κ1) is 29.6. The lowest BCUT2D eigenvalue weighted by Crippen LogP contribution is -2.40. The highest BCUT2D eigenvalue weighted by molar-refractivity contribution is 8.00. The summed E-state index contributed by atoms with van der Waals surface area (Å²) in [6.45, 7) is 2.95. The van der Waals surface area contributed by atoms with Crippen LogP contribution in [0.3, 0.4) is 0 Å². The van der Waals surface area contributed by atoms with Gasteiger partial charge in [-0.3, -0.25) is 0 Å². The van der Waals surface area contributed by atoms with E-state index in [2.05, 4.69) is 47.9 Å². The molecule has 1 fully saturated rings. The average Bonchev–Trinajstić information content (AvgIpc) is 2.97. The standard InChI is InChI=1S/C33H40ClN5OS/c1-22-8-18-27(19-9-22)41-28(20-31(40)23-10-12-24(34)13-11-23)21-35-25-14-16-26(17-15-25)36-33-37-30-7-5-4-6-29(30)32(38-33)39(2)3/h4-13,18-19,25-26,28,31,35,40H,14-17,20-21H2,1-3H3,(H,36,37,38)/t25-,26+,28?,31?. The van der Waals surface area contributed by atoms with Gasteiger partial charge in [0.05, 0.1) is 11.6 Å². The van der Waals surface area contributed by atoms with Gasteiger partial charge in [0.1, 0.15) is 5.82 Å². The molecule has 0 aliphatic heterocycles. The van der Waals surface area contributed by atoms with Crippen LogP contribution in [0.4, 0.5) is 11.8 Å². The summed E-state index contributed by atoms with van der Waals surface area (Å²) >= 11 is 7.90. The highest BCUT2D eigenvalue weighted by atomic mass is 35.5. The lowest BCUT2D eigenvalue weighted by atomic mass is 9.91. The predicted octanol–water partition coefficient (Wildman–Crippen LogP) is 7.25. The van der Waals surface area contributed by atoms with E-state index in [4.69, 9.17) is 21.6 Å². The van der Waals surface area contributed by atoms with Gasteiger partial charge in [-0.15, -0.1) is 11.8 Å². The van der Waals surface area contributed by atoms with Gasteiger partial charge in [-0.2, -0.15) is 4.98 Å². The first-order valence-electron chi connectivity index (χ1n) is 14.4. The van der Waals surface area contributed by atoms with Crippen molar-refractivity contribution in [2.45, 2.75) is 67.4 Å². The highest BCUT2D eigenvalue weighted by Gasteiger charge is 2.24.